The van der Waals surface area contributed by atoms with Crippen molar-refractivity contribution in [2.45, 2.75) is 6.42 Å². The van der Waals surface area contributed by atoms with Crippen LogP contribution in [0.5, 0.6) is 5.75 Å². The highest BCUT2D eigenvalue weighted by molar-refractivity contribution is 5.92. The summed E-state index contributed by atoms with van der Waals surface area (Å²) in [7, 11) is 0. The maximum absolute atomic E-state index is 11.9. The van der Waals surface area contributed by atoms with Crippen LogP contribution in [0.3, 0.4) is 0 Å². The maximum Gasteiger partial charge on any atom is 0.273 e. The summed E-state index contributed by atoms with van der Waals surface area (Å²) in [5.74, 6) is -0.349. The third-order valence-corrected chi connectivity index (χ3v) is 2.67. The average molecular weight is 272 g/mol. The number of para-hydroxylation sites is 1. The molecule has 0 saturated carbocycles. The second kappa shape index (κ2) is 5.83. The Morgan fingerprint density at radius 2 is 1.95 bits per heavy atom. The van der Waals surface area contributed by atoms with Crippen LogP contribution >= 0.6 is 0 Å². The fourth-order valence-corrected chi connectivity index (χ4v) is 1.80. The molecule has 0 bridgehead atoms. The number of aromatic hydroxyl groups is 1. The summed E-state index contributed by atoms with van der Waals surface area (Å²) in [6.07, 6.45) is -0.104. The topological polar surface area (TPSA) is 92.5 Å². The number of hydrogen-bond acceptors (Lipinski definition) is 4. The number of carbonyl (C=O) groups is 1. The molecular weight excluding hydrogens is 260 g/mol. The molecular formula is C14H12N2O4. The molecule has 2 aromatic carbocycles. The van der Waals surface area contributed by atoms with E-state index >= 15 is 0 Å². The van der Waals surface area contributed by atoms with Crippen LogP contribution < -0.4 is 5.32 Å². The number of nitro groups is 1. The van der Waals surface area contributed by atoms with E-state index in [0.717, 1.165) is 0 Å². The fourth-order valence-electron chi connectivity index (χ4n) is 1.80. The Balaban J connectivity index is 2.11. The van der Waals surface area contributed by atoms with Crippen LogP contribution in [-0.2, 0) is 11.2 Å². The lowest BCUT2D eigenvalue weighted by Crippen LogP contribution is -2.15. The molecule has 0 atom stereocenters. The predicted molar refractivity (Wildman–Crippen MR) is 73.5 cm³/mol. The van der Waals surface area contributed by atoms with Gasteiger partial charge < -0.3 is 10.4 Å². The second-order valence-corrected chi connectivity index (χ2v) is 4.16. The minimum atomic E-state index is -0.517. The highest BCUT2D eigenvalue weighted by Gasteiger charge is 2.15. The van der Waals surface area contributed by atoms with E-state index in [2.05, 4.69) is 5.32 Å². The number of benzene rings is 2. The molecule has 0 aliphatic carbocycles. The van der Waals surface area contributed by atoms with E-state index in [1.165, 1.54) is 18.2 Å². The quantitative estimate of drug-likeness (QED) is 0.660. The number of nitrogens with one attached hydrogen (secondary N) is 1. The molecule has 0 saturated heterocycles. The molecule has 2 rings (SSSR count). The Hall–Kier alpha value is -2.89. The van der Waals surface area contributed by atoms with E-state index in [1.54, 1.807) is 30.3 Å². The van der Waals surface area contributed by atoms with Gasteiger partial charge in [0.2, 0.25) is 5.91 Å². The van der Waals surface area contributed by atoms with Gasteiger partial charge in [0.25, 0.3) is 5.69 Å². The van der Waals surface area contributed by atoms with Gasteiger partial charge in [0.15, 0.2) is 0 Å². The Kier molecular flexibility index (Phi) is 3.95. The van der Waals surface area contributed by atoms with Crippen LogP contribution in [0.1, 0.15) is 5.56 Å². The lowest BCUT2D eigenvalue weighted by atomic mass is 10.1. The lowest BCUT2D eigenvalue weighted by Gasteiger charge is -2.06. The number of phenolic OH excluding ortho intramolecular Hbond substituents is 1. The van der Waals surface area contributed by atoms with E-state index in [4.69, 9.17) is 0 Å². The zero-order valence-corrected chi connectivity index (χ0v) is 10.4. The summed E-state index contributed by atoms with van der Waals surface area (Å²) in [6.45, 7) is 0. The summed E-state index contributed by atoms with van der Waals surface area (Å²) in [5.41, 5.74) is 0.697. The first-order valence-electron chi connectivity index (χ1n) is 5.87. The van der Waals surface area contributed by atoms with Gasteiger partial charge in [0, 0.05) is 23.4 Å². The van der Waals surface area contributed by atoms with Crippen molar-refractivity contribution in [3.63, 3.8) is 0 Å². The van der Waals surface area contributed by atoms with Gasteiger partial charge in [-0.3, -0.25) is 14.9 Å². The first-order valence-corrected chi connectivity index (χ1v) is 5.87. The smallest absolute Gasteiger partial charge is 0.273 e. The highest BCUT2D eigenvalue weighted by Crippen LogP contribution is 2.19. The highest BCUT2D eigenvalue weighted by atomic mass is 16.6. The fraction of sp³-hybridized carbons (Fsp3) is 0.0714. The van der Waals surface area contributed by atoms with E-state index in [-0.39, 0.29) is 23.8 Å². The van der Waals surface area contributed by atoms with Gasteiger partial charge in [-0.05, 0) is 12.1 Å². The second-order valence-electron chi connectivity index (χ2n) is 4.16. The molecule has 20 heavy (non-hydrogen) atoms. The standard InChI is InChI=1S/C14H12N2O4/c17-12-6-3-5-11(9-12)15-14(18)8-10-4-1-2-7-13(10)16(19)20/h1-7,9,17H,8H2,(H,15,18). The SMILES string of the molecule is O=C(Cc1ccccc1[N+](=O)[O-])Nc1cccc(O)c1. The predicted octanol–water partition coefficient (Wildman–Crippen LogP) is 2.48. The van der Waals surface area contributed by atoms with Gasteiger partial charge in [0.1, 0.15) is 5.75 Å². The molecule has 1 amide bonds. The van der Waals surface area contributed by atoms with Gasteiger partial charge in [-0.25, -0.2) is 0 Å². The van der Waals surface area contributed by atoms with E-state index in [0.29, 0.717) is 11.3 Å². The summed E-state index contributed by atoms with van der Waals surface area (Å²) < 4.78 is 0. The molecule has 0 spiro atoms. The zero-order valence-electron chi connectivity index (χ0n) is 10.4. The number of hydrogen-bond donors (Lipinski definition) is 2. The minimum Gasteiger partial charge on any atom is -0.508 e. The van der Waals surface area contributed by atoms with E-state index in [1.807, 2.05) is 0 Å². The Labute approximate surface area is 114 Å². The minimum absolute atomic E-state index is 0.0356. The van der Waals surface area contributed by atoms with Crippen LogP contribution in [0.4, 0.5) is 11.4 Å². The Morgan fingerprint density at radius 1 is 1.20 bits per heavy atom. The number of anilines is 1. The number of rotatable bonds is 4. The molecule has 0 heterocycles. The number of phenols is 1. The first-order chi connectivity index (χ1) is 9.56. The monoisotopic (exact) mass is 272 g/mol. The van der Waals surface area contributed by atoms with Gasteiger partial charge in [0.05, 0.1) is 11.3 Å². The molecule has 0 aliphatic rings. The normalized spacial score (nSPS) is 10.0. The number of amides is 1. The van der Waals surface area contributed by atoms with Crippen LogP contribution in [0, 0.1) is 10.1 Å². The van der Waals surface area contributed by atoms with Crippen molar-refractivity contribution in [2.75, 3.05) is 5.32 Å². The van der Waals surface area contributed by atoms with Crippen molar-refractivity contribution >= 4 is 17.3 Å². The lowest BCUT2D eigenvalue weighted by molar-refractivity contribution is -0.385. The Bertz CT molecular complexity index is 655. The van der Waals surface area contributed by atoms with Crippen molar-refractivity contribution in [1.82, 2.24) is 0 Å². The van der Waals surface area contributed by atoms with Crippen molar-refractivity contribution in [1.29, 1.82) is 0 Å². The van der Waals surface area contributed by atoms with Gasteiger partial charge in [-0.15, -0.1) is 0 Å². The summed E-state index contributed by atoms with van der Waals surface area (Å²) >= 11 is 0. The Morgan fingerprint density at radius 3 is 2.65 bits per heavy atom. The first kappa shape index (κ1) is 13.5. The average Bonchev–Trinajstić information content (AvgIpc) is 2.38. The molecule has 0 unspecified atom stereocenters. The molecule has 0 fully saturated rings. The summed E-state index contributed by atoms with van der Waals surface area (Å²) in [4.78, 5) is 22.2. The van der Waals surface area contributed by atoms with Crippen molar-refractivity contribution < 1.29 is 14.8 Å². The molecule has 0 aromatic heterocycles. The summed E-state index contributed by atoms with van der Waals surface area (Å²) in [5, 5.41) is 22.7. The van der Waals surface area contributed by atoms with Crippen LogP contribution in [0.15, 0.2) is 48.5 Å². The molecule has 0 aliphatic heterocycles. The van der Waals surface area contributed by atoms with Crippen LogP contribution in [0.25, 0.3) is 0 Å². The zero-order chi connectivity index (χ0) is 14.5. The van der Waals surface area contributed by atoms with Crippen molar-refractivity contribution in [2.24, 2.45) is 0 Å². The van der Waals surface area contributed by atoms with Crippen LogP contribution in [-0.4, -0.2) is 15.9 Å². The number of nitrogens with zero attached hydrogens (tertiary/aromatic N) is 1. The molecule has 0 radical (unpaired) electrons. The third-order valence-electron chi connectivity index (χ3n) is 2.67. The molecule has 2 N–H and O–H groups in total. The molecule has 6 nitrogen and oxygen atoms in total. The molecule has 2 aromatic rings. The third kappa shape index (κ3) is 3.32. The largest absolute Gasteiger partial charge is 0.508 e. The summed E-state index contributed by atoms with van der Waals surface area (Å²) in [6, 6.07) is 12.2. The number of carbonyl (C=O) groups excluding carboxylic acids is 1. The van der Waals surface area contributed by atoms with E-state index in [9.17, 15) is 20.0 Å². The number of nitro benzene ring substituents is 1. The van der Waals surface area contributed by atoms with E-state index < -0.39 is 4.92 Å². The molecule has 6 heteroatoms. The van der Waals surface area contributed by atoms with Crippen LogP contribution in [0.2, 0.25) is 0 Å². The molecule has 102 valence electrons. The van der Waals surface area contributed by atoms with Crippen molar-refractivity contribution in [3.05, 3.63) is 64.2 Å². The maximum atomic E-state index is 11.9. The van der Waals surface area contributed by atoms with Gasteiger partial charge in [-0.1, -0.05) is 24.3 Å². The van der Waals surface area contributed by atoms with Gasteiger partial charge in [-0.2, -0.15) is 0 Å². The van der Waals surface area contributed by atoms with Crippen molar-refractivity contribution in [3.8, 4) is 5.75 Å². The van der Waals surface area contributed by atoms with Gasteiger partial charge >= 0.3 is 0 Å².